The van der Waals surface area contributed by atoms with Crippen molar-refractivity contribution in [2.24, 2.45) is 0 Å². The highest BCUT2D eigenvalue weighted by molar-refractivity contribution is 8.04. The average molecular weight is 388 g/mol. The molecule has 2 heterocycles. The Morgan fingerprint density at radius 1 is 1.26 bits per heavy atom. The van der Waals surface area contributed by atoms with E-state index in [1.807, 2.05) is 6.07 Å². The van der Waals surface area contributed by atoms with Crippen LogP contribution in [0.1, 0.15) is 23.0 Å². The van der Waals surface area contributed by atoms with E-state index >= 15 is 0 Å². The summed E-state index contributed by atoms with van der Waals surface area (Å²) in [6.07, 6.45) is 2.54. The first-order valence-corrected chi connectivity index (χ1v) is 8.56. The molecule has 0 aromatic carbocycles. The topological polar surface area (TPSA) is 107 Å². The van der Waals surface area contributed by atoms with Gasteiger partial charge in [0, 0.05) is 12.3 Å². The van der Waals surface area contributed by atoms with Crippen molar-refractivity contribution in [2.75, 3.05) is 20.8 Å². The van der Waals surface area contributed by atoms with Gasteiger partial charge in [0.2, 0.25) is 0 Å². The summed E-state index contributed by atoms with van der Waals surface area (Å²) in [5, 5.41) is 9.62. The Kier molecular flexibility index (Phi) is 6.62. The summed E-state index contributed by atoms with van der Waals surface area (Å²) in [7, 11) is 2.32. The predicted octanol–water partition coefficient (Wildman–Crippen LogP) is 2.31. The van der Waals surface area contributed by atoms with Gasteiger partial charge in [-0.25, -0.2) is 14.4 Å². The summed E-state index contributed by atoms with van der Waals surface area (Å²) in [4.78, 5) is 36.2. The molecule has 0 radical (unpaired) electrons. The Morgan fingerprint density at radius 2 is 2.00 bits per heavy atom. The lowest BCUT2D eigenvalue weighted by molar-refractivity contribution is -0.137. The number of methoxy groups -OCH3 is 2. The van der Waals surface area contributed by atoms with Gasteiger partial charge in [0.1, 0.15) is 16.7 Å². The summed E-state index contributed by atoms with van der Waals surface area (Å²) in [6, 6.07) is 7.11. The third kappa shape index (κ3) is 4.12. The van der Waals surface area contributed by atoms with Crippen LogP contribution in [0.25, 0.3) is 5.52 Å². The van der Waals surface area contributed by atoms with E-state index in [9.17, 15) is 19.6 Å². The van der Waals surface area contributed by atoms with E-state index in [0.29, 0.717) is 5.52 Å². The maximum atomic E-state index is 12.5. The molecule has 0 aliphatic heterocycles. The van der Waals surface area contributed by atoms with E-state index in [4.69, 9.17) is 4.74 Å². The first-order valence-electron chi connectivity index (χ1n) is 7.74. The number of thioether (sulfide) groups is 1. The number of pyridine rings is 1. The second-order valence-electron chi connectivity index (χ2n) is 4.97. The van der Waals surface area contributed by atoms with Gasteiger partial charge in [0.15, 0.2) is 0 Å². The van der Waals surface area contributed by atoms with Crippen LogP contribution in [0, 0.1) is 11.3 Å². The minimum absolute atomic E-state index is 0.0775. The molecular formula is C18H16N2O6S. The molecule has 0 aliphatic carbocycles. The van der Waals surface area contributed by atoms with Gasteiger partial charge >= 0.3 is 17.9 Å². The lowest BCUT2D eigenvalue weighted by Crippen LogP contribution is -2.10. The van der Waals surface area contributed by atoms with E-state index in [2.05, 4.69) is 9.47 Å². The van der Waals surface area contributed by atoms with Crippen LogP contribution in [0.3, 0.4) is 0 Å². The maximum absolute atomic E-state index is 12.5. The number of nitriles is 1. The number of nitrogens with zero attached hydrogens (tertiary/aromatic N) is 2. The van der Waals surface area contributed by atoms with Gasteiger partial charge in [-0.2, -0.15) is 5.26 Å². The number of ether oxygens (including phenoxy) is 3. The molecule has 2 aromatic heterocycles. The van der Waals surface area contributed by atoms with Gasteiger partial charge in [-0.15, -0.1) is 0 Å². The molecule has 27 heavy (non-hydrogen) atoms. The zero-order valence-electron chi connectivity index (χ0n) is 14.8. The van der Waals surface area contributed by atoms with Gasteiger partial charge < -0.3 is 18.6 Å². The van der Waals surface area contributed by atoms with Crippen LogP contribution in [0.4, 0.5) is 0 Å². The summed E-state index contributed by atoms with van der Waals surface area (Å²) in [5.74, 6) is -2.24. The van der Waals surface area contributed by atoms with Crippen molar-refractivity contribution < 1.29 is 28.6 Å². The monoisotopic (exact) mass is 388 g/mol. The molecule has 0 amide bonds. The minimum Gasteiger partial charge on any atom is -0.466 e. The zero-order chi connectivity index (χ0) is 20.0. The van der Waals surface area contributed by atoms with Crippen molar-refractivity contribution in [1.29, 1.82) is 5.26 Å². The lowest BCUT2D eigenvalue weighted by atomic mass is 10.2. The van der Waals surface area contributed by atoms with Crippen molar-refractivity contribution in [3.8, 4) is 6.07 Å². The summed E-state index contributed by atoms with van der Waals surface area (Å²) in [6.45, 7) is 1.79. The molecular weight excluding hydrogens is 372 g/mol. The molecule has 140 valence electrons. The van der Waals surface area contributed by atoms with E-state index < -0.39 is 17.9 Å². The number of fused-ring (bicyclic) bond motifs is 1. The Bertz CT molecular complexity index is 970. The first-order chi connectivity index (χ1) is 13.0. The largest absolute Gasteiger partial charge is 0.466 e. The van der Waals surface area contributed by atoms with Crippen LogP contribution in [-0.4, -0.2) is 43.1 Å². The number of aromatic nitrogens is 1. The molecule has 0 bridgehead atoms. The summed E-state index contributed by atoms with van der Waals surface area (Å²) < 4.78 is 15.8. The number of carbonyl (C=O) groups excluding carboxylic acids is 3. The van der Waals surface area contributed by atoms with E-state index in [0.717, 1.165) is 32.1 Å². The van der Waals surface area contributed by atoms with Crippen LogP contribution < -0.4 is 0 Å². The average Bonchev–Trinajstić information content (AvgIpc) is 2.99. The Morgan fingerprint density at radius 3 is 2.59 bits per heavy atom. The molecule has 0 unspecified atom stereocenters. The second kappa shape index (κ2) is 8.91. The van der Waals surface area contributed by atoms with Gasteiger partial charge in [-0.3, -0.25) is 0 Å². The SMILES string of the molecule is CCOC(=O)c1c(S/C(=C/C(=O)OC)C(=O)OC)c(C#N)c2ccccn12. The Balaban J connectivity index is 2.72. The third-order valence-electron chi connectivity index (χ3n) is 3.43. The fourth-order valence-corrected chi connectivity index (χ4v) is 3.36. The lowest BCUT2D eigenvalue weighted by Gasteiger charge is -2.08. The normalized spacial score (nSPS) is 11.0. The first kappa shape index (κ1) is 20.1. The van der Waals surface area contributed by atoms with Gasteiger partial charge in [0.05, 0.1) is 36.8 Å². The third-order valence-corrected chi connectivity index (χ3v) is 4.53. The van der Waals surface area contributed by atoms with Crippen molar-refractivity contribution >= 4 is 35.2 Å². The molecule has 2 rings (SSSR count). The minimum atomic E-state index is -0.806. The predicted molar refractivity (Wildman–Crippen MR) is 96.0 cm³/mol. The van der Waals surface area contributed by atoms with Crippen LogP contribution >= 0.6 is 11.8 Å². The molecule has 0 aliphatic rings. The van der Waals surface area contributed by atoms with Crippen LogP contribution in [-0.2, 0) is 23.8 Å². The second-order valence-corrected chi connectivity index (χ2v) is 6.02. The molecule has 0 spiro atoms. The fraction of sp³-hybridized carbons (Fsp3) is 0.222. The zero-order valence-corrected chi connectivity index (χ0v) is 15.7. The number of hydrogen-bond acceptors (Lipinski definition) is 8. The highest BCUT2D eigenvalue weighted by Gasteiger charge is 2.27. The van der Waals surface area contributed by atoms with Crippen LogP contribution in [0.15, 0.2) is 40.3 Å². The highest BCUT2D eigenvalue weighted by Crippen LogP contribution is 2.37. The van der Waals surface area contributed by atoms with Crippen LogP contribution in [0.5, 0.6) is 0 Å². The highest BCUT2D eigenvalue weighted by atomic mass is 32.2. The summed E-state index contributed by atoms with van der Waals surface area (Å²) in [5.41, 5.74) is 0.713. The molecule has 0 N–H and O–H groups in total. The molecule has 0 saturated carbocycles. The molecule has 0 saturated heterocycles. The Labute approximate surface area is 159 Å². The quantitative estimate of drug-likeness (QED) is 0.321. The number of esters is 3. The van der Waals surface area contributed by atoms with E-state index in [1.165, 1.54) is 4.40 Å². The van der Waals surface area contributed by atoms with Gasteiger partial charge in [-0.05, 0) is 19.1 Å². The van der Waals surface area contributed by atoms with Crippen molar-refractivity contribution in [2.45, 2.75) is 11.8 Å². The van der Waals surface area contributed by atoms with Crippen molar-refractivity contribution in [3.05, 3.63) is 46.6 Å². The molecule has 8 nitrogen and oxygen atoms in total. The van der Waals surface area contributed by atoms with Crippen molar-refractivity contribution in [3.63, 3.8) is 0 Å². The maximum Gasteiger partial charge on any atom is 0.356 e. The smallest absolute Gasteiger partial charge is 0.356 e. The van der Waals surface area contributed by atoms with Crippen LogP contribution in [0.2, 0.25) is 0 Å². The Hall–Kier alpha value is -3.25. The molecule has 0 atom stereocenters. The number of hydrogen-bond donors (Lipinski definition) is 0. The number of rotatable bonds is 6. The molecule has 9 heteroatoms. The molecule has 0 fully saturated rings. The number of carbonyl (C=O) groups is 3. The van der Waals surface area contributed by atoms with Gasteiger partial charge in [-0.1, -0.05) is 17.8 Å². The fourth-order valence-electron chi connectivity index (χ4n) is 2.29. The molecule has 2 aromatic rings. The van der Waals surface area contributed by atoms with Crippen molar-refractivity contribution in [1.82, 2.24) is 4.40 Å². The summed E-state index contributed by atoms with van der Waals surface area (Å²) >= 11 is 0.764. The van der Waals surface area contributed by atoms with Gasteiger partial charge in [0.25, 0.3) is 0 Å². The standard InChI is InChI=1S/C18H16N2O6S/c1-4-26-18(23)15-16(11(10-19)12-7-5-6-8-20(12)15)27-13(17(22)25-3)9-14(21)24-2/h5-9H,4H2,1-3H3/b13-9+. The van der Waals surface area contributed by atoms with E-state index in [-0.39, 0.29) is 27.7 Å². The van der Waals surface area contributed by atoms with E-state index in [1.54, 1.807) is 31.3 Å².